The molecule has 0 saturated carbocycles. The molecular weight excluding hydrogens is 244 g/mol. The third-order valence-electron chi connectivity index (χ3n) is 1.71. The minimum Gasteiger partial charge on any atom is -0.281 e. The molecule has 1 aromatic heterocycles. The van der Waals surface area contributed by atoms with Crippen LogP contribution in [-0.4, -0.2) is 13.0 Å². The maximum absolute atomic E-state index is 10.8. The van der Waals surface area contributed by atoms with Gasteiger partial charge in [0.2, 0.25) is 0 Å². The Morgan fingerprint density at radius 3 is 2.64 bits per heavy atom. The van der Waals surface area contributed by atoms with Crippen molar-refractivity contribution in [1.29, 1.82) is 0 Å². The number of fused-ring (bicyclic) bond motifs is 1. The van der Waals surface area contributed by atoms with E-state index >= 15 is 0 Å². The third kappa shape index (κ3) is 1.76. The summed E-state index contributed by atoms with van der Waals surface area (Å²) < 4.78 is 31.2. The number of halogens is 1. The van der Waals surface area contributed by atoms with Crippen LogP contribution in [0.5, 0.6) is 0 Å². The van der Waals surface area contributed by atoms with Crippen molar-refractivity contribution in [2.24, 2.45) is 0 Å². The summed E-state index contributed by atoms with van der Waals surface area (Å²) >= 11 is 6.75. The molecule has 0 spiro atoms. The summed E-state index contributed by atoms with van der Waals surface area (Å²) in [6, 6.07) is 6.45. The van der Waals surface area contributed by atoms with Crippen LogP contribution in [0.15, 0.2) is 28.5 Å². The lowest BCUT2D eigenvalue weighted by atomic mass is 10.3. The van der Waals surface area contributed by atoms with Crippen LogP contribution in [0.1, 0.15) is 0 Å². The summed E-state index contributed by atoms with van der Waals surface area (Å²) in [5, 5.41) is 1.26. The molecule has 1 aromatic carbocycles. The maximum atomic E-state index is 10.8. The fourth-order valence-electron chi connectivity index (χ4n) is 1.12. The van der Waals surface area contributed by atoms with E-state index in [1.165, 1.54) is 6.07 Å². The molecule has 1 N–H and O–H groups in total. The number of hydrogen-bond donors (Lipinski definition) is 1. The van der Waals surface area contributed by atoms with Crippen LogP contribution < -0.4 is 0 Å². The van der Waals surface area contributed by atoms with Crippen LogP contribution in [0.3, 0.4) is 0 Å². The van der Waals surface area contributed by atoms with Crippen LogP contribution in [0.4, 0.5) is 0 Å². The Hall–Kier alpha value is -0.620. The maximum Gasteiger partial charge on any atom is 0.304 e. The van der Waals surface area contributed by atoms with Crippen LogP contribution in [-0.2, 0) is 10.1 Å². The van der Waals surface area contributed by atoms with Crippen molar-refractivity contribution < 1.29 is 13.0 Å². The first-order valence-electron chi connectivity index (χ1n) is 3.63. The first kappa shape index (κ1) is 9.92. The molecular formula is C8H5ClO3S2. The predicted octanol–water partition coefficient (Wildman–Crippen LogP) is 2.80. The standard InChI is InChI=1S/C8H5ClO3S2/c9-6-1-2-7-5(3-6)4-8(13-7)14(10,11)12/h1-4H,(H,10,11,12). The smallest absolute Gasteiger partial charge is 0.281 e. The van der Waals surface area contributed by atoms with Crippen molar-refractivity contribution in [2.45, 2.75) is 4.21 Å². The van der Waals surface area contributed by atoms with Crippen molar-refractivity contribution in [3.05, 3.63) is 29.3 Å². The highest BCUT2D eigenvalue weighted by Crippen LogP contribution is 2.30. The molecule has 3 nitrogen and oxygen atoms in total. The number of benzene rings is 1. The first-order valence-corrected chi connectivity index (χ1v) is 6.27. The van der Waals surface area contributed by atoms with Gasteiger partial charge in [0.1, 0.15) is 4.21 Å². The molecule has 2 rings (SSSR count). The van der Waals surface area contributed by atoms with Crippen molar-refractivity contribution in [3.63, 3.8) is 0 Å². The van der Waals surface area contributed by atoms with Gasteiger partial charge in [0.15, 0.2) is 0 Å². The molecule has 0 aliphatic heterocycles. The Balaban J connectivity index is 2.75. The largest absolute Gasteiger partial charge is 0.304 e. The van der Waals surface area contributed by atoms with Gasteiger partial charge in [0.25, 0.3) is 0 Å². The molecule has 1 heterocycles. The lowest BCUT2D eigenvalue weighted by Gasteiger charge is -1.87. The minimum absolute atomic E-state index is 0.0604. The SMILES string of the molecule is O=S(=O)(O)c1cc2cc(Cl)ccc2s1. The summed E-state index contributed by atoms with van der Waals surface area (Å²) in [6.45, 7) is 0. The highest BCUT2D eigenvalue weighted by molar-refractivity contribution is 7.88. The molecule has 0 radical (unpaired) electrons. The van der Waals surface area contributed by atoms with Gasteiger partial charge in [-0.2, -0.15) is 8.42 Å². The molecule has 0 amide bonds. The van der Waals surface area contributed by atoms with Crippen molar-refractivity contribution >= 4 is 43.1 Å². The number of rotatable bonds is 1. The quantitative estimate of drug-likeness (QED) is 0.790. The molecule has 0 fully saturated rings. The van der Waals surface area contributed by atoms with Crippen LogP contribution in [0.25, 0.3) is 10.1 Å². The minimum atomic E-state index is -4.10. The molecule has 2 aromatic rings. The van der Waals surface area contributed by atoms with E-state index in [-0.39, 0.29) is 4.21 Å². The number of thiophene rings is 1. The second kappa shape index (κ2) is 3.20. The Morgan fingerprint density at radius 2 is 2.00 bits per heavy atom. The lowest BCUT2D eigenvalue weighted by Crippen LogP contribution is -1.92. The van der Waals surface area contributed by atoms with Gasteiger partial charge >= 0.3 is 10.1 Å². The van der Waals surface area contributed by atoms with E-state index in [9.17, 15) is 8.42 Å². The van der Waals surface area contributed by atoms with E-state index in [2.05, 4.69) is 0 Å². The predicted molar refractivity (Wildman–Crippen MR) is 56.6 cm³/mol. The van der Waals surface area contributed by atoms with E-state index in [1.54, 1.807) is 18.2 Å². The molecule has 0 aliphatic carbocycles. The molecule has 6 heteroatoms. The normalized spacial score (nSPS) is 12.1. The van der Waals surface area contributed by atoms with E-state index in [1.807, 2.05) is 0 Å². The van der Waals surface area contributed by atoms with Crippen LogP contribution in [0, 0.1) is 0 Å². The molecule has 0 unspecified atom stereocenters. The Labute approximate surface area is 89.7 Å². The molecule has 14 heavy (non-hydrogen) atoms. The third-order valence-corrected chi connectivity index (χ3v) is 4.36. The molecule has 74 valence electrons. The van der Waals surface area contributed by atoms with Crippen LogP contribution in [0.2, 0.25) is 5.02 Å². The average molecular weight is 249 g/mol. The first-order chi connectivity index (χ1) is 6.47. The fraction of sp³-hybridized carbons (Fsp3) is 0. The van der Waals surface area contributed by atoms with Gasteiger partial charge in [-0.1, -0.05) is 11.6 Å². The van der Waals surface area contributed by atoms with Gasteiger partial charge in [-0.3, -0.25) is 4.55 Å². The van der Waals surface area contributed by atoms with Gasteiger partial charge in [0, 0.05) is 9.72 Å². The topological polar surface area (TPSA) is 54.4 Å². The molecule has 0 aliphatic rings. The fourth-order valence-corrected chi connectivity index (χ4v) is 3.04. The zero-order chi connectivity index (χ0) is 10.3. The lowest BCUT2D eigenvalue weighted by molar-refractivity contribution is 0.485. The summed E-state index contributed by atoms with van der Waals surface area (Å²) in [5.74, 6) is 0. The molecule has 0 bridgehead atoms. The molecule has 0 saturated heterocycles. The average Bonchev–Trinajstić information content (AvgIpc) is 2.45. The van der Waals surface area contributed by atoms with Gasteiger partial charge in [0.05, 0.1) is 0 Å². The monoisotopic (exact) mass is 248 g/mol. The van der Waals surface area contributed by atoms with Crippen molar-refractivity contribution in [2.75, 3.05) is 0 Å². The van der Waals surface area contributed by atoms with E-state index in [4.69, 9.17) is 16.2 Å². The Kier molecular flexibility index (Phi) is 2.27. The van der Waals surface area contributed by atoms with Crippen molar-refractivity contribution in [3.8, 4) is 0 Å². The second-order valence-corrected chi connectivity index (χ2v) is 5.89. The zero-order valence-corrected chi connectivity index (χ0v) is 9.16. The van der Waals surface area contributed by atoms with Gasteiger partial charge in [-0.05, 0) is 29.7 Å². The zero-order valence-electron chi connectivity index (χ0n) is 6.77. The molecule has 0 atom stereocenters. The van der Waals surface area contributed by atoms with E-state index in [0.29, 0.717) is 5.02 Å². The van der Waals surface area contributed by atoms with Crippen molar-refractivity contribution in [1.82, 2.24) is 0 Å². The highest BCUT2D eigenvalue weighted by Gasteiger charge is 2.13. The van der Waals surface area contributed by atoms with Gasteiger partial charge in [-0.25, -0.2) is 0 Å². The Bertz CT molecular complexity index is 586. The Morgan fingerprint density at radius 1 is 1.29 bits per heavy atom. The van der Waals surface area contributed by atoms with Gasteiger partial charge in [-0.15, -0.1) is 11.3 Å². The van der Waals surface area contributed by atoms with Crippen LogP contribution >= 0.6 is 22.9 Å². The van der Waals surface area contributed by atoms with E-state index < -0.39 is 10.1 Å². The number of hydrogen-bond acceptors (Lipinski definition) is 3. The summed E-state index contributed by atoms with van der Waals surface area (Å²) in [5.41, 5.74) is 0. The summed E-state index contributed by atoms with van der Waals surface area (Å²) in [6.07, 6.45) is 0. The second-order valence-electron chi connectivity index (χ2n) is 2.72. The summed E-state index contributed by atoms with van der Waals surface area (Å²) in [4.78, 5) is 0. The van der Waals surface area contributed by atoms with Gasteiger partial charge < -0.3 is 0 Å². The summed E-state index contributed by atoms with van der Waals surface area (Å²) in [7, 11) is -4.10. The highest BCUT2D eigenvalue weighted by atomic mass is 35.5. The van der Waals surface area contributed by atoms with E-state index in [0.717, 1.165) is 21.4 Å².